The molecule has 0 atom stereocenters. The molecule has 3 N–H and O–H groups in total. The summed E-state index contributed by atoms with van der Waals surface area (Å²) in [7, 11) is 0. The van der Waals surface area contributed by atoms with E-state index in [9.17, 15) is 4.79 Å². The lowest BCUT2D eigenvalue weighted by Crippen LogP contribution is -2.38. The van der Waals surface area contributed by atoms with E-state index in [0.29, 0.717) is 18.7 Å². The van der Waals surface area contributed by atoms with Crippen molar-refractivity contribution < 1.29 is 4.79 Å². The Bertz CT molecular complexity index is 953. The Morgan fingerprint density at radius 2 is 1.68 bits per heavy atom. The minimum absolute atomic E-state index is 0.0463. The minimum Gasteiger partial charge on any atom is -0.357 e. The zero-order chi connectivity index (χ0) is 21.7. The zero-order valence-electron chi connectivity index (χ0n) is 17.9. The number of rotatable bonds is 10. The van der Waals surface area contributed by atoms with Crippen LogP contribution in [0.2, 0.25) is 0 Å². The van der Waals surface area contributed by atoms with Crippen molar-refractivity contribution >= 4 is 11.9 Å². The molecule has 0 fully saturated rings. The summed E-state index contributed by atoms with van der Waals surface area (Å²) < 4.78 is 1.91. The maximum absolute atomic E-state index is 12.1. The number of aliphatic imine (C=N–C) groups is 1. The molecule has 0 bridgehead atoms. The lowest BCUT2D eigenvalue weighted by molar-refractivity contribution is 0.0953. The second kappa shape index (κ2) is 12.2. The summed E-state index contributed by atoms with van der Waals surface area (Å²) in [6, 6.07) is 19.5. The topological polar surface area (TPSA) is 83.3 Å². The average molecular weight is 419 g/mol. The fourth-order valence-corrected chi connectivity index (χ4v) is 3.13. The van der Waals surface area contributed by atoms with Crippen LogP contribution in [0.15, 0.2) is 78.0 Å². The Hall–Kier alpha value is -3.61. The number of hydrogen-bond donors (Lipinski definition) is 3. The normalized spacial score (nSPS) is 11.2. The number of nitrogens with one attached hydrogen (secondary N) is 3. The van der Waals surface area contributed by atoms with E-state index in [1.54, 1.807) is 6.20 Å². The number of carbonyl (C=O) groups is 1. The molecule has 2 aromatic carbocycles. The number of carbonyl (C=O) groups excluding carboxylic acids is 1. The third kappa shape index (κ3) is 7.29. The number of amides is 1. The highest BCUT2D eigenvalue weighted by Gasteiger charge is 2.05. The lowest BCUT2D eigenvalue weighted by atomic mass is 10.1. The van der Waals surface area contributed by atoms with Crippen molar-refractivity contribution in [3.05, 3.63) is 89.7 Å². The van der Waals surface area contributed by atoms with Gasteiger partial charge in [-0.25, -0.2) is 4.99 Å². The van der Waals surface area contributed by atoms with Crippen LogP contribution >= 0.6 is 0 Å². The van der Waals surface area contributed by atoms with Crippen LogP contribution in [0.25, 0.3) is 0 Å². The van der Waals surface area contributed by atoms with Gasteiger partial charge in [0, 0.05) is 37.6 Å². The van der Waals surface area contributed by atoms with Crippen molar-refractivity contribution in [1.82, 2.24) is 25.7 Å². The fraction of sp³-hybridized carbons (Fsp3) is 0.292. The molecule has 1 heterocycles. The molecule has 0 aliphatic carbocycles. The van der Waals surface area contributed by atoms with E-state index in [4.69, 9.17) is 4.99 Å². The predicted molar refractivity (Wildman–Crippen MR) is 124 cm³/mol. The van der Waals surface area contributed by atoms with Crippen molar-refractivity contribution in [3.8, 4) is 0 Å². The summed E-state index contributed by atoms with van der Waals surface area (Å²) >= 11 is 0. The van der Waals surface area contributed by atoms with Crippen LogP contribution in [0.1, 0.15) is 34.8 Å². The monoisotopic (exact) mass is 418 g/mol. The molecule has 3 aromatic rings. The van der Waals surface area contributed by atoms with Gasteiger partial charge in [-0.15, -0.1) is 0 Å². The molecule has 31 heavy (non-hydrogen) atoms. The number of nitrogens with zero attached hydrogens (tertiary/aromatic N) is 3. The van der Waals surface area contributed by atoms with Gasteiger partial charge >= 0.3 is 0 Å². The number of guanidine groups is 1. The summed E-state index contributed by atoms with van der Waals surface area (Å²) in [5.74, 6) is 0.723. The first-order chi connectivity index (χ1) is 15.3. The fourth-order valence-electron chi connectivity index (χ4n) is 3.13. The molecule has 0 saturated carbocycles. The third-order valence-corrected chi connectivity index (χ3v) is 4.73. The van der Waals surface area contributed by atoms with Crippen molar-refractivity contribution in [3.63, 3.8) is 0 Å². The van der Waals surface area contributed by atoms with Crippen LogP contribution in [0, 0.1) is 0 Å². The average Bonchev–Trinajstić information content (AvgIpc) is 3.31. The molecule has 0 saturated heterocycles. The largest absolute Gasteiger partial charge is 0.357 e. The molecular formula is C24H30N6O. The molecule has 0 unspecified atom stereocenters. The quantitative estimate of drug-likeness (QED) is 0.269. The van der Waals surface area contributed by atoms with Crippen LogP contribution in [0.3, 0.4) is 0 Å². The van der Waals surface area contributed by atoms with Crippen molar-refractivity contribution in [1.29, 1.82) is 0 Å². The van der Waals surface area contributed by atoms with Gasteiger partial charge < -0.3 is 16.0 Å². The van der Waals surface area contributed by atoms with Crippen LogP contribution < -0.4 is 16.0 Å². The number of hydrogen-bond acceptors (Lipinski definition) is 3. The Labute approximate surface area is 183 Å². The second-order valence-electron chi connectivity index (χ2n) is 7.07. The predicted octanol–water partition coefficient (Wildman–Crippen LogP) is 2.81. The summed E-state index contributed by atoms with van der Waals surface area (Å²) in [6.45, 7) is 5.46. The minimum atomic E-state index is -0.0463. The molecule has 1 aromatic heterocycles. The van der Waals surface area contributed by atoms with E-state index in [1.165, 1.54) is 11.1 Å². The maximum Gasteiger partial charge on any atom is 0.251 e. The maximum atomic E-state index is 12.1. The molecule has 0 aliphatic rings. The van der Waals surface area contributed by atoms with Gasteiger partial charge in [-0.2, -0.15) is 5.10 Å². The second-order valence-corrected chi connectivity index (χ2v) is 7.07. The third-order valence-electron chi connectivity index (χ3n) is 4.73. The van der Waals surface area contributed by atoms with E-state index >= 15 is 0 Å². The molecule has 3 rings (SSSR count). The van der Waals surface area contributed by atoms with E-state index in [2.05, 4.69) is 33.2 Å². The Balaban J connectivity index is 1.47. The van der Waals surface area contributed by atoms with Gasteiger partial charge in [0.25, 0.3) is 5.91 Å². The summed E-state index contributed by atoms with van der Waals surface area (Å²) in [4.78, 5) is 16.8. The van der Waals surface area contributed by atoms with Crippen LogP contribution in [-0.2, 0) is 13.1 Å². The lowest BCUT2D eigenvalue weighted by Gasteiger charge is -2.13. The summed E-state index contributed by atoms with van der Waals surface area (Å²) in [5.41, 5.74) is 3.05. The first-order valence-electron chi connectivity index (χ1n) is 10.7. The molecule has 0 radical (unpaired) electrons. The molecule has 162 valence electrons. The van der Waals surface area contributed by atoms with Gasteiger partial charge in [-0.3, -0.25) is 9.48 Å². The van der Waals surface area contributed by atoms with Gasteiger partial charge in [0.1, 0.15) is 0 Å². The highest BCUT2D eigenvalue weighted by Crippen LogP contribution is 2.11. The van der Waals surface area contributed by atoms with Gasteiger partial charge in [0.05, 0.1) is 13.1 Å². The van der Waals surface area contributed by atoms with Gasteiger partial charge in [-0.05, 0) is 42.7 Å². The van der Waals surface area contributed by atoms with Crippen molar-refractivity contribution in [2.45, 2.75) is 26.4 Å². The molecule has 7 heteroatoms. The Morgan fingerprint density at radius 3 is 2.42 bits per heavy atom. The molecule has 0 spiro atoms. The zero-order valence-corrected chi connectivity index (χ0v) is 17.9. The molecular weight excluding hydrogens is 388 g/mol. The summed E-state index contributed by atoms with van der Waals surface area (Å²) in [5, 5.41) is 13.9. The van der Waals surface area contributed by atoms with Gasteiger partial charge in [-0.1, -0.05) is 42.5 Å². The Kier molecular flexibility index (Phi) is 8.67. The molecule has 7 nitrogen and oxygen atoms in total. The Morgan fingerprint density at radius 1 is 0.935 bits per heavy atom. The summed E-state index contributed by atoms with van der Waals surface area (Å²) in [6.07, 6.45) is 4.55. The highest BCUT2D eigenvalue weighted by atomic mass is 16.1. The van der Waals surface area contributed by atoms with Gasteiger partial charge in [0.15, 0.2) is 5.96 Å². The smallest absolute Gasteiger partial charge is 0.251 e. The number of benzene rings is 2. The van der Waals surface area contributed by atoms with Crippen LogP contribution in [0.5, 0.6) is 0 Å². The molecule has 0 aliphatic heterocycles. The highest BCUT2D eigenvalue weighted by molar-refractivity contribution is 5.94. The SMILES string of the molecule is CCNC(=NCc1ccccc1Cn1cccn1)NCCCNC(=O)c1ccccc1. The van der Waals surface area contributed by atoms with Crippen molar-refractivity contribution in [2.75, 3.05) is 19.6 Å². The molecule has 1 amide bonds. The van der Waals surface area contributed by atoms with E-state index < -0.39 is 0 Å². The van der Waals surface area contributed by atoms with Gasteiger partial charge in [0.2, 0.25) is 0 Å². The van der Waals surface area contributed by atoms with Crippen LogP contribution in [0.4, 0.5) is 0 Å². The first kappa shape index (κ1) is 22.1. The van der Waals surface area contributed by atoms with Crippen molar-refractivity contribution in [2.24, 2.45) is 4.99 Å². The first-order valence-corrected chi connectivity index (χ1v) is 10.7. The van der Waals surface area contributed by atoms with E-state index in [-0.39, 0.29) is 5.91 Å². The van der Waals surface area contributed by atoms with E-state index in [0.717, 1.165) is 32.0 Å². The standard InChI is InChI=1S/C24H30N6O/c1-2-25-24(27-15-8-14-26-23(31)20-10-4-3-5-11-20)28-18-21-12-6-7-13-22(21)19-30-17-9-16-29-30/h3-7,9-13,16-17H,2,8,14-15,18-19H2,1H3,(H,26,31)(H2,25,27,28). The van der Waals surface area contributed by atoms with Crippen LogP contribution in [-0.4, -0.2) is 41.3 Å². The van der Waals surface area contributed by atoms with E-state index in [1.807, 2.05) is 66.3 Å². The number of aromatic nitrogens is 2.